The third kappa shape index (κ3) is 5.54. The summed E-state index contributed by atoms with van der Waals surface area (Å²) < 4.78 is 27.5. The quantitative estimate of drug-likeness (QED) is 0.361. The first-order chi connectivity index (χ1) is 18.3. The molecule has 0 saturated carbocycles. The second-order valence-electron chi connectivity index (χ2n) is 8.89. The first-order valence-electron chi connectivity index (χ1n) is 12.1. The molecule has 5 rings (SSSR count). The minimum atomic E-state index is -3.67. The molecular formula is C27H26ClN5O4S. The fraction of sp³-hybridized carbons (Fsp3) is 0.222. The number of hydrogen-bond acceptors (Lipinski definition) is 7. The van der Waals surface area contributed by atoms with Gasteiger partial charge in [-0.25, -0.2) is 13.4 Å². The SMILES string of the molecule is O=C(Nc1ccc(Cl)c(-c2cnc3ccccc3n2)c1)c1ccc(S(=O)(=O)N2CCN(CCO)CC2)cc1. The van der Waals surface area contributed by atoms with Crippen molar-refractivity contribution in [2.24, 2.45) is 0 Å². The number of halogens is 1. The van der Waals surface area contributed by atoms with Gasteiger partial charge in [0, 0.05) is 49.5 Å². The zero-order valence-corrected chi connectivity index (χ0v) is 22.0. The number of aliphatic hydroxyl groups excluding tert-OH is 1. The van der Waals surface area contributed by atoms with Crippen LogP contribution in [-0.2, 0) is 10.0 Å². The number of aliphatic hydroxyl groups is 1. The van der Waals surface area contributed by atoms with Crippen molar-refractivity contribution < 1.29 is 18.3 Å². The minimum absolute atomic E-state index is 0.0468. The molecule has 2 N–H and O–H groups in total. The Hall–Kier alpha value is -3.41. The van der Waals surface area contributed by atoms with Gasteiger partial charge in [-0.3, -0.25) is 14.7 Å². The third-order valence-corrected chi connectivity index (χ3v) is 8.69. The van der Waals surface area contributed by atoms with E-state index >= 15 is 0 Å². The molecule has 0 unspecified atom stereocenters. The maximum atomic E-state index is 13.0. The Morgan fingerprint density at radius 2 is 1.68 bits per heavy atom. The Bertz CT molecular complexity index is 1570. The molecule has 4 aromatic rings. The van der Waals surface area contributed by atoms with Crippen LogP contribution < -0.4 is 5.32 Å². The molecule has 0 bridgehead atoms. The van der Waals surface area contributed by atoms with Crippen molar-refractivity contribution in [2.45, 2.75) is 4.90 Å². The molecule has 2 heterocycles. The molecule has 1 fully saturated rings. The second kappa shape index (κ2) is 11.1. The van der Waals surface area contributed by atoms with Crippen molar-refractivity contribution in [3.63, 3.8) is 0 Å². The molecule has 1 aliphatic heterocycles. The molecule has 3 aromatic carbocycles. The van der Waals surface area contributed by atoms with Crippen molar-refractivity contribution in [1.29, 1.82) is 0 Å². The summed E-state index contributed by atoms with van der Waals surface area (Å²) in [5, 5.41) is 12.4. The number of carbonyl (C=O) groups is 1. The summed E-state index contributed by atoms with van der Waals surface area (Å²) >= 11 is 6.43. The summed E-state index contributed by atoms with van der Waals surface area (Å²) in [4.78, 5) is 24.2. The molecule has 9 nitrogen and oxygen atoms in total. The maximum Gasteiger partial charge on any atom is 0.255 e. The van der Waals surface area contributed by atoms with Gasteiger partial charge < -0.3 is 10.4 Å². The molecule has 0 atom stereocenters. The van der Waals surface area contributed by atoms with Crippen LogP contribution in [0.25, 0.3) is 22.3 Å². The van der Waals surface area contributed by atoms with E-state index in [0.717, 1.165) is 11.0 Å². The summed E-state index contributed by atoms with van der Waals surface area (Å²) in [5.74, 6) is -0.385. The summed E-state index contributed by atoms with van der Waals surface area (Å²) in [5.41, 5.74) is 3.55. The van der Waals surface area contributed by atoms with Crippen LogP contribution in [0.4, 0.5) is 5.69 Å². The molecule has 0 spiro atoms. The van der Waals surface area contributed by atoms with Gasteiger partial charge in [-0.2, -0.15) is 4.31 Å². The number of rotatable bonds is 7. The van der Waals surface area contributed by atoms with Crippen LogP contribution in [-0.4, -0.2) is 77.9 Å². The monoisotopic (exact) mass is 551 g/mol. The van der Waals surface area contributed by atoms with Crippen molar-refractivity contribution in [2.75, 3.05) is 44.6 Å². The van der Waals surface area contributed by atoms with Gasteiger partial charge in [0.15, 0.2) is 0 Å². The highest BCUT2D eigenvalue weighted by molar-refractivity contribution is 7.89. The lowest BCUT2D eigenvalue weighted by Gasteiger charge is -2.33. The predicted molar refractivity (Wildman–Crippen MR) is 147 cm³/mol. The number of β-amino-alcohol motifs (C(OH)–C–C–N with tert-alkyl or cyclic N) is 1. The van der Waals surface area contributed by atoms with Crippen LogP contribution in [0.1, 0.15) is 10.4 Å². The van der Waals surface area contributed by atoms with E-state index in [9.17, 15) is 13.2 Å². The summed E-state index contributed by atoms with van der Waals surface area (Å²) in [6.45, 7) is 2.41. The van der Waals surface area contributed by atoms with Crippen LogP contribution in [0.3, 0.4) is 0 Å². The Balaban J connectivity index is 1.29. The smallest absolute Gasteiger partial charge is 0.255 e. The van der Waals surface area contributed by atoms with E-state index in [0.29, 0.717) is 60.3 Å². The first-order valence-corrected chi connectivity index (χ1v) is 13.9. The van der Waals surface area contributed by atoms with E-state index < -0.39 is 10.0 Å². The van der Waals surface area contributed by atoms with Crippen LogP contribution in [0.5, 0.6) is 0 Å². The highest BCUT2D eigenvalue weighted by Crippen LogP contribution is 2.30. The number of para-hydroxylation sites is 2. The average molecular weight is 552 g/mol. The van der Waals surface area contributed by atoms with Gasteiger partial charge >= 0.3 is 0 Å². The van der Waals surface area contributed by atoms with Gasteiger partial charge in [0.1, 0.15) is 0 Å². The lowest BCUT2D eigenvalue weighted by Crippen LogP contribution is -2.49. The van der Waals surface area contributed by atoms with Crippen LogP contribution >= 0.6 is 11.6 Å². The number of hydrogen-bond donors (Lipinski definition) is 2. The average Bonchev–Trinajstić information content (AvgIpc) is 2.94. The number of carbonyl (C=O) groups excluding carboxylic acids is 1. The van der Waals surface area contributed by atoms with E-state index in [-0.39, 0.29) is 17.4 Å². The van der Waals surface area contributed by atoms with Crippen LogP contribution in [0.2, 0.25) is 5.02 Å². The summed E-state index contributed by atoms with van der Waals surface area (Å²) in [6, 6.07) is 18.5. The van der Waals surface area contributed by atoms with Crippen LogP contribution in [0, 0.1) is 0 Å². The van der Waals surface area contributed by atoms with Gasteiger partial charge in [-0.15, -0.1) is 0 Å². The van der Waals surface area contributed by atoms with Crippen molar-refractivity contribution in [1.82, 2.24) is 19.2 Å². The van der Waals surface area contributed by atoms with Gasteiger partial charge in [-0.1, -0.05) is 23.7 Å². The second-order valence-corrected chi connectivity index (χ2v) is 11.2. The number of fused-ring (bicyclic) bond motifs is 1. The van der Waals surface area contributed by atoms with E-state index in [1.54, 1.807) is 24.4 Å². The van der Waals surface area contributed by atoms with Gasteiger partial charge in [-0.05, 0) is 54.6 Å². The van der Waals surface area contributed by atoms with E-state index in [1.807, 2.05) is 29.2 Å². The zero-order valence-electron chi connectivity index (χ0n) is 20.4. The van der Waals surface area contributed by atoms with Crippen LogP contribution in [0.15, 0.2) is 77.8 Å². The molecule has 11 heteroatoms. The molecule has 0 radical (unpaired) electrons. The molecule has 38 heavy (non-hydrogen) atoms. The Morgan fingerprint density at radius 3 is 2.39 bits per heavy atom. The molecule has 1 aromatic heterocycles. The standard InChI is InChI=1S/C27H26ClN5O4S/c28-23-10-7-20(17-22(23)26-18-29-24-3-1-2-4-25(24)31-26)30-27(35)19-5-8-21(9-6-19)38(36,37)33-13-11-32(12-14-33)15-16-34/h1-10,17-18,34H,11-16H2,(H,30,35). The van der Waals surface area contributed by atoms with Gasteiger partial charge in [0.05, 0.1) is 39.4 Å². The third-order valence-electron chi connectivity index (χ3n) is 6.45. The molecule has 196 valence electrons. The Labute approximate surface area is 225 Å². The lowest BCUT2D eigenvalue weighted by atomic mass is 10.1. The molecule has 1 amide bonds. The highest BCUT2D eigenvalue weighted by atomic mass is 35.5. The normalized spacial score (nSPS) is 15.0. The van der Waals surface area contributed by atoms with Crippen molar-refractivity contribution >= 4 is 44.3 Å². The number of aromatic nitrogens is 2. The number of piperazine rings is 1. The fourth-order valence-electron chi connectivity index (χ4n) is 4.35. The van der Waals surface area contributed by atoms with Gasteiger partial charge in [0.2, 0.25) is 10.0 Å². The number of nitrogens with zero attached hydrogens (tertiary/aromatic N) is 4. The highest BCUT2D eigenvalue weighted by Gasteiger charge is 2.28. The van der Waals surface area contributed by atoms with Gasteiger partial charge in [0.25, 0.3) is 5.91 Å². The molecule has 0 aliphatic carbocycles. The minimum Gasteiger partial charge on any atom is -0.395 e. The van der Waals surface area contributed by atoms with Crippen molar-refractivity contribution in [3.05, 3.63) is 83.5 Å². The van der Waals surface area contributed by atoms with E-state index in [2.05, 4.69) is 15.3 Å². The predicted octanol–water partition coefficient (Wildman–Crippen LogP) is 3.50. The Morgan fingerprint density at radius 1 is 0.974 bits per heavy atom. The number of nitrogens with one attached hydrogen (secondary N) is 1. The molecule has 1 saturated heterocycles. The van der Waals surface area contributed by atoms with E-state index in [1.165, 1.54) is 28.6 Å². The zero-order chi connectivity index (χ0) is 26.7. The topological polar surface area (TPSA) is 116 Å². The fourth-order valence-corrected chi connectivity index (χ4v) is 5.99. The molecular weight excluding hydrogens is 526 g/mol. The Kier molecular flexibility index (Phi) is 7.68. The summed E-state index contributed by atoms with van der Waals surface area (Å²) in [7, 11) is -3.67. The largest absolute Gasteiger partial charge is 0.395 e. The maximum absolute atomic E-state index is 13.0. The summed E-state index contributed by atoms with van der Waals surface area (Å²) in [6.07, 6.45) is 1.64. The first kappa shape index (κ1) is 26.2. The number of sulfonamides is 1. The number of amides is 1. The van der Waals surface area contributed by atoms with E-state index in [4.69, 9.17) is 16.7 Å². The van der Waals surface area contributed by atoms with Crippen molar-refractivity contribution in [3.8, 4) is 11.3 Å². The molecule has 1 aliphatic rings. The lowest BCUT2D eigenvalue weighted by molar-refractivity contribution is 0.102. The number of benzene rings is 3. The number of anilines is 1.